The Morgan fingerprint density at radius 1 is 1.33 bits per heavy atom. The molecule has 5 nitrogen and oxygen atoms in total. The predicted octanol–water partition coefficient (Wildman–Crippen LogP) is 2.29. The Morgan fingerprint density at radius 2 is 2.14 bits per heavy atom. The van der Waals surface area contributed by atoms with Crippen molar-refractivity contribution in [1.29, 1.82) is 0 Å². The first-order valence-electron chi connectivity index (χ1n) is 6.96. The summed E-state index contributed by atoms with van der Waals surface area (Å²) in [5.74, 6) is 1.93. The highest BCUT2D eigenvalue weighted by molar-refractivity contribution is 8.00. The normalized spacial score (nSPS) is 11.6. The van der Waals surface area contributed by atoms with Crippen molar-refractivity contribution < 1.29 is 0 Å². The molecule has 21 heavy (non-hydrogen) atoms. The van der Waals surface area contributed by atoms with E-state index in [4.69, 9.17) is 0 Å². The molecule has 2 rings (SSSR count). The highest BCUT2D eigenvalue weighted by Crippen LogP contribution is 2.20. The first kappa shape index (κ1) is 15.9. The van der Waals surface area contributed by atoms with Crippen molar-refractivity contribution in [3.8, 4) is 0 Å². The molecule has 0 aliphatic carbocycles. The van der Waals surface area contributed by atoms with E-state index in [2.05, 4.69) is 37.6 Å². The Labute approximate surface area is 133 Å². The van der Waals surface area contributed by atoms with Crippen LogP contribution in [0.25, 0.3) is 0 Å². The molecule has 2 aromatic rings. The van der Waals surface area contributed by atoms with E-state index in [-0.39, 0.29) is 0 Å². The third kappa shape index (κ3) is 6.22. The van der Waals surface area contributed by atoms with Crippen molar-refractivity contribution >= 4 is 29.1 Å². The summed E-state index contributed by atoms with van der Waals surface area (Å²) < 4.78 is 3.29. The van der Waals surface area contributed by atoms with E-state index >= 15 is 0 Å². The first-order chi connectivity index (χ1) is 10.4. The van der Waals surface area contributed by atoms with Crippen LogP contribution in [-0.2, 0) is 6.54 Å². The highest BCUT2D eigenvalue weighted by Gasteiger charge is 1.98. The molecule has 2 aromatic heterocycles. The standard InChI is InChI=1S/C14H21N5S2/c1-15-13(17-6-10-19-8-2-3-9-19)16-5-4-11-20-14-18-7-12-21-14/h2-3,7-9,12H,4-6,10-11H2,1H3,(H2,15,16,17). The Balaban J connectivity index is 1.53. The summed E-state index contributed by atoms with van der Waals surface area (Å²) >= 11 is 3.50. The lowest BCUT2D eigenvalue weighted by atomic mass is 10.5. The molecule has 0 amide bonds. The number of thiazole rings is 1. The van der Waals surface area contributed by atoms with Crippen molar-refractivity contribution in [3.05, 3.63) is 36.1 Å². The zero-order valence-electron chi connectivity index (χ0n) is 12.2. The molecule has 0 spiro atoms. The molecule has 0 aliphatic heterocycles. The molecule has 0 aliphatic rings. The molecule has 0 saturated carbocycles. The van der Waals surface area contributed by atoms with Gasteiger partial charge < -0.3 is 15.2 Å². The topological polar surface area (TPSA) is 54.2 Å². The van der Waals surface area contributed by atoms with E-state index in [1.807, 2.05) is 23.7 Å². The van der Waals surface area contributed by atoms with Crippen molar-refractivity contribution in [2.75, 3.05) is 25.9 Å². The average molecular weight is 323 g/mol. The lowest BCUT2D eigenvalue weighted by molar-refractivity contribution is 0.664. The molecular weight excluding hydrogens is 302 g/mol. The third-order valence-electron chi connectivity index (χ3n) is 2.80. The molecule has 114 valence electrons. The number of hydrogen-bond donors (Lipinski definition) is 2. The second kappa shape index (κ2) is 9.46. The number of nitrogens with zero attached hydrogens (tertiary/aromatic N) is 3. The van der Waals surface area contributed by atoms with Crippen LogP contribution in [0.5, 0.6) is 0 Å². The van der Waals surface area contributed by atoms with Crippen LogP contribution in [-0.4, -0.2) is 41.4 Å². The maximum atomic E-state index is 4.25. The van der Waals surface area contributed by atoms with Crippen LogP contribution in [0.4, 0.5) is 0 Å². The Kier molecular flexibility index (Phi) is 7.17. The number of aromatic nitrogens is 2. The van der Waals surface area contributed by atoms with Gasteiger partial charge in [0.25, 0.3) is 0 Å². The van der Waals surface area contributed by atoms with Gasteiger partial charge in [0.15, 0.2) is 5.96 Å². The fourth-order valence-electron chi connectivity index (χ4n) is 1.76. The molecule has 0 fully saturated rings. The van der Waals surface area contributed by atoms with E-state index in [1.165, 1.54) is 0 Å². The third-order valence-corrected chi connectivity index (χ3v) is 4.85. The summed E-state index contributed by atoms with van der Waals surface area (Å²) in [6, 6.07) is 4.07. The summed E-state index contributed by atoms with van der Waals surface area (Å²) in [5, 5.41) is 8.65. The molecule has 0 bridgehead atoms. The monoisotopic (exact) mass is 323 g/mol. The van der Waals surface area contributed by atoms with Gasteiger partial charge in [-0.3, -0.25) is 4.99 Å². The number of nitrogens with one attached hydrogen (secondary N) is 2. The van der Waals surface area contributed by atoms with Crippen LogP contribution in [0, 0.1) is 0 Å². The average Bonchev–Trinajstić information content (AvgIpc) is 3.18. The zero-order valence-corrected chi connectivity index (χ0v) is 13.8. The van der Waals surface area contributed by atoms with Crippen LogP contribution in [0.3, 0.4) is 0 Å². The van der Waals surface area contributed by atoms with Gasteiger partial charge in [-0.1, -0.05) is 11.8 Å². The maximum absolute atomic E-state index is 4.25. The zero-order chi connectivity index (χ0) is 14.8. The molecule has 0 aromatic carbocycles. The SMILES string of the molecule is CN=C(NCCCSc1nccs1)NCCn1cccc1. The van der Waals surface area contributed by atoms with Crippen LogP contribution < -0.4 is 10.6 Å². The van der Waals surface area contributed by atoms with Gasteiger partial charge in [-0.05, 0) is 18.6 Å². The first-order valence-corrected chi connectivity index (χ1v) is 8.82. The van der Waals surface area contributed by atoms with Crippen molar-refractivity contribution in [3.63, 3.8) is 0 Å². The van der Waals surface area contributed by atoms with Crippen LogP contribution in [0.1, 0.15) is 6.42 Å². The van der Waals surface area contributed by atoms with Gasteiger partial charge in [0.05, 0.1) is 0 Å². The van der Waals surface area contributed by atoms with Gasteiger partial charge in [0, 0.05) is 56.4 Å². The summed E-state index contributed by atoms with van der Waals surface area (Å²) in [4.78, 5) is 8.48. The van der Waals surface area contributed by atoms with Crippen LogP contribution >= 0.6 is 23.1 Å². The van der Waals surface area contributed by atoms with Crippen molar-refractivity contribution in [2.45, 2.75) is 17.3 Å². The summed E-state index contributed by atoms with van der Waals surface area (Å²) in [6.45, 7) is 2.72. The number of guanidine groups is 1. The molecule has 2 N–H and O–H groups in total. The second-order valence-corrected chi connectivity index (χ2v) is 6.58. The minimum atomic E-state index is 0.862. The molecular formula is C14H21N5S2. The minimum absolute atomic E-state index is 0.862. The fourth-order valence-corrected chi connectivity index (χ4v) is 3.41. The maximum Gasteiger partial charge on any atom is 0.191 e. The van der Waals surface area contributed by atoms with E-state index in [0.717, 1.165) is 42.1 Å². The minimum Gasteiger partial charge on any atom is -0.356 e. The molecule has 0 atom stereocenters. The molecule has 0 unspecified atom stereocenters. The van der Waals surface area contributed by atoms with Gasteiger partial charge in [0.2, 0.25) is 0 Å². The lowest BCUT2D eigenvalue weighted by Gasteiger charge is -2.12. The molecule has 7 heteroatoms. The number of hydrogen-bond acceptors (Lipinski definition) is 4. The smallest absolute Gasteiger partial charge is 0.191 e. The Morgan fingerprint density at radius 3 is 2.86 bits per heavy atom. The van der Waals surface area contributed by atoms with E-state index < -0.39 is 0 Å². The van der Waals surface area contributed by atoms with Gasteiger partial charge in [-0.25, -0.2) is 4.98 Å². The molecule has 2 heterocycles. The Hall–Kier alpha value is -1.47. The van der Waals surface area contributed by atoms with Crippen molar-refractivity contribution in [1.82, 2.24) is 20.2 Å². The van der Waals surface area contributed by atoms with Crippen LogP contribution in [0.2, 0.25) is 0 Å². The second-order valence-electron chi connectivity index (χ2n) is 4.35. The number of rotatable bonds is 8. The summed E-state index contributed by atoms with van der Waals surface area (Å²) in [6.07, 6.45) is 7.06. The number of thioether (sulfide) groups is 1. The van der Waals surface area contributed by atoms with Crippen LogP contribution in [0.15, 0.2) is 45.4 Å². The molecule has 0 radical (unpaired) electrons. The van der Waals surface area contributed by atoms with Gasteiger partial charge in [0.1, 0.15) is 4.34 Å². The highest BCUT2D eigenvalue weighted by atomic mass is 32.2. The lowest BCUT2D eigenvalue weighted by Crippen LogP contribution is -2.39. The quantitative estimate of drug-likeness (QED) is 0.339. The summed E-state index contributed by atoms with van der Waals surface area (Å²) in [7, 11) is 1.80. The van der Waals surface area contributed by atoms with Gasteiger partial charge in [-0.15, -0.1) is 11.3 Å². The van der Waals surface area contributed by atoms with E-state index in [0.29, 0.717) is 0 Å². The van der Waals surface area contributed by atoms with Gasteiger partial charge in [-0.2, -0.15) is 0 Å². The van der Waals surface area contributed by atoms with E-state index in [9.17, 15) is 0 Å². The fraction of sp³-hybridized carbons (Fsp3) is 0.429. The number of aliphatic imine (C=N–C) groups is 1. The largest absolute Gasteiger partial charge is 0.356 e. The summed E-state index contributed by atoms with van der Waals surface area (Å²) in [5.41, 5.74) is 0. The van der Waals surface area contributed by atoms with E-state index in [1.54, 1.807) is 30.1 Å². The van der Waals surface area contributed by atoms with Gasteiger partial charge >= 0.3 is 0 Å². The Bertz CT molecular complexity index is 507. The van der Waals surface area contributed by atoms with Crippen molar-refractivity contribution in [2.24, 2.45) is 4.99 Å². The predicted molar refractivity (Wildman–Crippen MR) is 91.3 cm³/mol. The molecule has 0 saturated heterocycles.